The highest BCUT2D eigenvalue weighted by molar-refractivity contribution is 6.09. The van der Waals surface area contributed by atoms with E-state index in [4.69, 9.17) is 9.47 Å². The fourth-order valence-corrected chi connectivity index (χ4v) is 2.16. The monoisotopic (exact) mass is 269 g/mol. The molecular weight excluding hydrogens is 254 g/mol. The van der Waals surface area contributed by atoms with Crippen LogP contribution in [0.4, 0.5) is 0 Å². The molecule has 1 aliphatic heterocycles. The van der Waals surface area contributed by atoms with Crippen LogP contribution >= 0.6 is 0 Å². The summed E-state index contributed by atoms with van der Waals surface area (Å²) < 4.78 is 11.2. The molecule has 0 saturated heterocycles. The van der Waals surface area contributed by atoms with Crippen molar-refractivity contribution in [3.8, 4) is 11.5 Å². The van der Waals surface area contributed by atoms with Gasteiger partial charge < -0.3 is 9.47 Å². The average Bonchev–Trinajstić information content (AvgIpc) is 2.71. The van der Waals surface area contributed by atoms with E-state index in [2.05, 4.69) is 4.98 Å². The van der Waals surface area contributed by atoms with Gasteiger partial charge in [-0.15, -0.1) is 0 Å². The predicted octanol–water partition coefficient (Wildman–Crippen LogP) is 2.78. The van der Waals surface area contributed by atoms with Gasteiger partial charge in [-0.25, -0.2) is 0 Å². The molecule has 2 aromatic rings. The quantitative estimate of drug-likeness (QED) is 0.787. The molecule has 0 aliphatic carbocycles. The molecule has 3 rings (SSSR count). The topological polar surface area (TPSA) is 48.4 Å². The van der Waals surface area contributed by atoms with Gasteiger partial charge >= 0.3 is 0 Å². The van der Waals surface area contributed by atoms with Gasteiger partial charge in [-0.2, -0.15) is 0 Å². The summed E-state index contributed by atoms with van der Waals surface area (Å²) in [6.07, 6.45) is 2.49. The molecule has 0 radical (unpaired) electrons. The molecule has 0 unspecified atom stereocenters. The molecule has 4 heteroatoms. The number of hydrogen-bond donors (Lipinski definition) is 0. The number of benzene rings is 1. The number of hydrogen-bond acceptors (Lipinski definition) is 4. The van der Waals surface area contributed by atoms with E-state index in [1.54, 1.807) is 36.5 Å². The second kappa shape index (κ2) is 5.33. The molecule has 2 heterocycles. The highest BCUT2D eigenvalue weighted by Gasteiger charge is 2.15. The summed E-state index contributed by atoms with van der Waals surface area (Å²) in [5.74, 6) is 1.30. The summed E-state index contributed by atoms with van der Waals surface area (Å²) in [6, 6.07) is 8.82. The summed E-state index contributed by atoms with van der Waals surface area (Å²) in [7, 11) is 0. The second-order valence-electron chi connectivity index (χ2n) is 4.73. The number of aryl methyl sites for hydroxylation is 1. The summed E-state index contributed by atoms with van der Waals surface area (Å²) >= 11 is 0. The maximum atomic E-state index is 12.4. The van der Waals surface area contributed by atoms with Crippen LogP contribution < -0.4 is 9.47 Å². The Labute approximate surface area is 117 Å². The zero-order valence-electron chi connectivity index (χ0n) is 11.3. The van der Waals surface area contributed by atoms with Gasteiger partial charge in [-0.3, -0.25) is 9.78 Å². The number of ether oxygens (including phenoxy) is 2. The lowest BCUT2D eigenvalue weighted by molar-refractivity contribution is 0.103. The third kappa shape index (κ3) is 2.50. The molecule has 1 aromatic carbocycles. The number of nitrogens with zero attached hydrogens (tertiary/aromatic N) is 1. The first-order valence-electron chi connectivity index (χ1n) is 6.61. The Morgan fingerprint density at radius 1 is 1.05 bits per heavy atom. The Kier molecular flexibility index (Phi) is 3.37. The zero-order chi connectivity index (χ0) is 13.9. The number of carbonyl (C=O) groups excluding carboxylic acids is 1. The molecule has 20 heavy (non-hydrogen) atoms. The molecule has 0 amide bonds. The Morgan fingerprint density at radius 2 is 1.80 bits per heavy atom. The van der Waals surface area contributed by atoms with E-state index >= 15 is 0 Å². The predicted molar refractivity (Wildman–Crippen MR) is 74.5 cm³/mol. The number of carbonyl (C=O) groups is 1. The van der Waals surface area contributed by atoms with E-state index in [0.29, 0.717) is 35.8 Å². The average molecular weight is 269 g/mol. The van der Waals surface area contributed by atoms with Gasteiger partial charge in [0.2, 0.25) is 0 Å². The molecule has 0 atom stereocenters. The van der Waals surface area contributed by atoms with Gasteiger partial charge in [0.25, 0.3) is 0 Å². The van der Waals surface area contributed by atoms with Crippen molar-refractivity contribution in [1.82, 2.24) is 4.98 Å². The maximum absolute atomic E-state index is 12.4. The van der Waals surface area contributed by atoms with E-state index in [1.807, 2.05) is 6.92 Å². The third-order valence-corrected chi connectivity index (χ3v) is 3.17. The van der Waals surface area contributed by atoms with Crippen molar-refractivity contribution in [3.05, 3.63) is 53.3 Å². The summed E-state index contributed by atoms with van der Waals surface area (Å²) in [6.45, 7) is 3.12. The lowest BCUT2D eigenvalue weighted by atomic mass is 10.0. The molecule has 0 spiro atoms. The van der Waals surface area contributed by atoms with E-state index in [9.17, 15) is 4.79 Å². The maximum Gasteiger partial charge on any atom is 0.193 e. The fourth-order valence-electron chi connectivity index (χ4n) is 2.16. The van der Waals surface area contributed by atoms with Crippen LogP contribution in [0.25, 0.3) is 0 Å². The number of ketones is 1. The fraction of sp³-hybridized carbons (Fsp3) is 0.250. The van der Waals surface area contributed by atoms with Crippen LogP contribution in [0.3, 0.4) is 0 Å². The minimum Gasteiger partial charge on any atom is -0.490 e. The number of pyridine rings is 1. The molecule has 0 bridgehead atoms. The zero-order valence-corrected chi connectivity index (χ0v) is 11.3. The van der Waals surface area contributed by atoms with Crippen molar-refractivity contribution in [2.75, 3.05) is 13.2 Å². The Bertz CT molecular complexity index is 652. The number of fused-ring (bicyclic) bond motifs is 1. The van der Waals surface area contributed by atoms with Crippen LogP contribution in [-0.4, -0.2) is 24.0 Å². The van der Waals surface area contributed by atoms with Gasteiger partial charge in [0.15, 0.2) is 17.3 Å². The SMILES string of the molecule is Cc1cc(C(=O)c2ccc3c(c2)OCCCO3)ccn1. The summed E-state index contributed by atoms with van der Waals surface area (Å²) in [5.41, 5.74) is 2.05. The van der Waals surface area contributed by atoms with E-state index < -0.39 is 0 Å². The molecule has 0 N–H and O–H groups in total. The van der Waals surface area contributed by atoms with Crippen LogP contribution in [0.2, 0.25) is 0 Å². The minimum absolute atomic E-state index is 0.0360. The van der Waals surface area contributed by atoms with Crippen molar-refractivity contribution in [1.29, 1.82) is 0 Å². The normalized spacial score (nSPS) is 13.7. The molecule has 1 aliphatic rings. The largest absolute Gasteiger partial charge is 0.490 e. The van der Waals surface area contributed by atoms with E-state index in [-0.39, 0.29) is 5.78 Å². The standard InChI is InChI=1S/C16H15NO3/c1-11-9-13(5-6-17-11)16(18)12-3-4-14-15(10-12)20-8-2-7-19-14/h3-6,9-10H,2,7-8H2,1H3. The molecular formula is C16H15NO3. The second-order valence-corrected chi connectivity index (χ2v) is 4.73. The lowest BCUT2D eigenvalue weighted by Gasteiger charge is -2.09. The van der Waals surface area contributed by atoms with Gasteiger partial charge in [-0.05, 0) is 37.3 Å². The summed E-state index contributed by atoms with van der Waals surface area (Å²) in [4.78, 5) is 16.5. The number of aromatic nitrogens is 1. The molecule has 0 fully saturated rings. The van der Waals surface area contributed by atoms with Crippen LogP contribution in [0, 0.1) is 6.92 Å². The first-order chi connectivity index (χ1) is 9.74. The van der Waals surface area contributed by atoms with Crippen molar-refractivity contribution in [3.63, 3.8) is 0 Å². The van der Waals surface area contributed by atoms with Gasteiger partial charge in [0.1, 0.15) is 0 Å². The Balaban J connectivity index is 1.94. The van der Waals surface area contributed by atoms with Gasteiger partial charge in [-0.1, -0.05) is 0 Å². The highest BCUT2D eigenvalue weighted by Crippen LogP contribution is 2.31. The third-order valence-electron chi connectivity index (χ3n) is 3.17. The van der Waals surface area contributed by atoms with Crippen molar-refractivity contribution >= 4 is 5.78 Å². The van der Waals surface area contributed by atoms with Crippen LogP contribution in [0.15, 0.2) is 36.5 Å². The lowest BCUT2D eigenvalue weighted by Crippen LogP contribution is -2.03. The van der Waals surface area contributed by atoms with Crippen LogP contribution in [0.1, 0.15) is 28.0 Å². The van der Waals surface area contributed by atoms with Crippen LogP contribution in [0.5, 0.6) is 11.5 Å². The Morgan fingerprint density at radius 3 is 2.60 bits per heavy atom. The molecule has 0 saturated carbocycles. The van der Waals surface area contributed by atoms with Crippen molar-refractivity contribution in [2.45, 2.75) is 13.3 Å². The van der Waals surface area contributed by atoms with Crippen molar-refractivity contribution in [2.24, 2.45) is 0 Å². The molecule has 4 nitrogen and oxygen atoms in total. The smallest absolute Gasteiger partial charge is 0.193 e. The van der Waals surface area contributed by atoms with Gasteiger partial charge in [0.05, 0.1) is 13.2 Å². The first kappa shape index (κ1) is 12.7. The van der Waals surface area contributed by atoms with Gasteiger partial charge in [0, 0.05) is 29.4 Å². The van der Waals surface area contributed by atoms with E-state index in [1.165, 1.54) is 0 Å². The Hall–Kier alpha value is -2.36. The first-order valence-corrected chi connectivity index (χ1v) is 6.61. The van der Waals surface area contributed by atoms with Crippen molar-refractivity contribution < 1.29 is 14.3 Å². The highest BCUT2D eigenvalue weighted by atomic mass is 16.5. The molecule has 1 aromatic heterocycles. The van der Waals surface area contributed by atoms with E-state index in [0.717, 1.165) is 12.1 Å². The minimum atomic E-state index is -0.0360. The summed E-state index contributed by atoms with van der Waals surface area (Å²) in [5, 5.41) is 0. The molecule has 102 valence electrons. The number of rotatable bonds is 2. The van der Waals surface area contributed by atoms with Crippen LogP contribution in [-0.2, 0) is 0 Å².